The van der Waals surface area contributed by atoms with Crippen LogP contribution in [0.15, 0.2) is 42.0 Å². The second-order valence-corrected chi connectivity index (χ2v) is 5.05. The number of thiazole rings is 1. The van der Waals surface area contributed by atoms with Gasteiger partial charge in [0.15, 0.2) is 0 Å². The fraction of sp³-hybridized carbons (Fsp3) is 0.0714. The topological polar surface area (TPSA) is 42.9 Å². The lowest BCUT2D eigenvalue weighted by Crippen LogP contribution is -2.03. The largest absolute Gasteiger partial charge is 0.287 e. The molecule has 0 radical (unpaired) electrons. The molecule has 2 heterocycles. The smallest absolute Gasteiger partial charge is 0.214 e. The standard InChI is InChI=1S/C14H10N2OS/c1-9-16-13(8-18-9)14(17)12-7-15-6-10-4-2-3-5-11(10)12/h2-8H,1H3. The van der Waals surface area contributed by atoms with E-state index in [0.29, 0.717) is 11.3 Å². The van der Waals surface area contributed by atoms with Gasteiger partial charge in [0.2, 0.25) is 5.78 Å². The fourth-order valence-corrected chi connectivity index (χ4v) is 2.50. The Balaban J connectivity index is 2.17. The van der Waals surface area contributed by atoms with Gasteiger partial charge in [0.1, 0.15) is 5.69 Å². The number of ketones is 1. The zero-order valence-electron chi connectivity index (χ0n) is 9.75. The molecule has 3 rings (SSSR count). The average Bonchev–Trinajstić information content (AvgIpc) is 2.84. The minimum absolute atomic E-state index is 0.0661. The molecule has 0 bridgehead atoms. The fourth-order valence-electron chi connectivity index (χ4n) is 1.90. The van der Waals surface area contributed by atoms with E-state index in [-0.39, 0.29) is 5.78 Å². The highest BCUT2D eigenvalue weighted by atomic mass is 32.1. The summed E-state index contributed by atoms with van der Waals surface area (Å²) >= 11 is 1.48. The first-order valence-corrected chi connectivity index (χ1v) is 6.43. The molecule has 0 aliphatic rings. The molecule has 0 saturated heterocycles. The van der Waals surface area contributed by atoms with Gasteiger partial charge in [-0.25, -0.2) is 4.98 Å². The molecule has 0 atom stereocenters. The molecule has 0 spiro atoms. The molecule has 4 heteroatoms. The lowest BCUT2D eigenvalue weighted by molar-refractivity contribution is 0.103. The van der Waals surface area contributed by atoms with Crippen LogP contribution in [-0.4, -0.2) is 15.8 Å². The average molecular weight is 254 g/mol. The Hall–Kier alpha value is -2.07. The van der Waals surface area contributed by atoms with Crippen LogP contribution in [0.2, 0.25) is 0 Å². The van der Waals surface area contributed by atoms with Crippen LogP contribution in [0.3, 0.4) is 0 Å². The molecule has 0 aliphatic carbocycles. The Morgan fingerprint density at radius 2 is 2.06 bits per heavy atom. The summed E-state index contributed by atoms with van der Waals surface area (Å²) in [5.41, 5.74) is 1.11. The molecule has 0 N–H and O–H groups in total. The summed E-state index contributed by atoms with van der Waals surface area (Å²) in [5.74, 6) is -0.0661. The highest BCUT2D eigenvalue weighted by Crippen LogP contribution is 2.20. The van der Waals surface area contributed by atoms with Gasteiger partial charge in [-0.2, -0.15) is 0 Å². The van der Waals surface area contributed by atoms with Crippen LogP contribution in [0.1, 0.15) is 21.1 Å². The first kappa shape index (κ1) is 11.0. The predicted molar refractivity (Wildman–Crippen MR) is 72.0 cm³/mol. The number of benzene rings is 1. The van der Waals surface area contributed by atoms with Gasteiger partial charge in [-0.15, -0.1) is 11.3 Å². The number of nitrogens with zero attached hydrogens (tertiary/aromatic N) is 2. The monoisotopic (exact) mass is 254 g/mol. The first-order valence-electron chi connectivity index (χ1n) is 5.55. The van der Waals surface area contributed by atoms with Crippen molar-refractivity contribution in [3.63, 3.8) is 0 Å². The number of fused-ring (bicyclic) bond motifs is 1. The number of carbonyl (C=O) groups is 1. The molecule has 3 aromatic rings. The minimum atomic E-state index is -0.0661. The molecule has 88 valence electrons. The third-order valence-corrected chi connectivity index (χ3v) is 3.54. The van der Waals surface area contributed by atoms with E-state index in [1.807, 2.05) is 31.2 Å². The minimum Gasteiger partial charge on any atom is -0.287 e. The Kier molecular flexibility index (Phi) is 2.64. The summed E-state index contributed by atoms with van der Waals surface area (Å²) in [7, 11) is 0. The van der Waals surface area contributed by atoms with E-state index >= 15 is 0 Å². The third-order valence-electron chi connectivity index (χ3n) is 2.76. The molecular weight excluding hydrogens is 244 g/mol. The third kappa shape index (κ3) is 1.80. The summed E-state index contributed by atoms with van der Waals surface area (Å²) < 4.78 is 0. The Labute approximate surface area is 108 Å². The second-order valence-electron chi connectivity index (χ2n) is 3.99. The highest BCUT2D eigenvalue weighted by molar-refractivity contribution is 7.09. The summed E-state index contributed by atoms with van der Waals surface area (Å²) in [5, 5.41) is 4.57. The van der Waals surface area contributed by atoms with E-state index in [0.717, 1.165) is 15.8 Å². The van der Waals surface area contributed by atoms with Crippen molar-refractivity contribution in [1.29, 1.82) is 0 Å². The number of aryl methyl sites for hydroxylation is 1. The van der Waals surface area contributed by atoms with E-state index < -0.39 is 0 Å². The SMILES string of the molecule is Cc1nc(C(=O)c2cncc3ccccc23)cs1. The van der Waals surface area contributed by atoms with Crippen molar-refractivity contribution in [2.24, 2.45) is 0 Å². The normalized spacial score (nSPS) is 10.7. The van der Waals surface area contributed by atoms with Crippen LogP contribution in [-0.2, 0) is 0 Å². The van der Waals surface area contributed by atoms with Crippen LogP contribution in [0.4, 0.5) is 0 Å². The number of rotatable bonds is 2. The van der Waals surface area contributed by atoms with Gasteiger partial charge in [-0.1, -0.05) is 24.3 Å². The molecule has 18 heavy (non-hydrogen) atoms. The highest BCUT2D eigenvalue weighted by Gasteiger charge is 2.15. The summed E-state index contributed by atoms with van der Waals surface area (Å²) in [6.45, 7) is 1.89. The summed E-state index contributed by atoms with van der Waals surface area (Å²) in [4.78, 5) is 20.7. The maximum atomic E-state index is 12.4. The molecule has 1 aromatic carbocycles. The van der Waals surface area contributed by atoms with Gasteiger partial charge in [-0.05, 0) is 12.3 Å². The van der Waals surface area contributed by atoms with Crippen LogP contribution >= 0.6 is 11.3 Å². The molecule has 3 nitrogen and oxygen atoms in total. The number of hydrogen-bond donors (Lipinski definition) is 0. The number of carbonyl (C=O) groups excluding carboxylic acids is 1. The van der Waals surface area contributed by atoms with E-state index in [9.17, 15) is 4.79 Å². The zero-order valence-corrected chi connectivity index (χ0v) is 10.6. The van der Waals surface area contributed by atoms with Crippen molar-refractivity contribution >= 4 is 27.9 Å². The van der Waals surface area contributed by atoms with Crippen molar-refractivity contribution in [3.05, 3.63) is 58.3 Å². The van der Waals surface area contributed by atoms with Crippen LogP contribution < -0.4 is 0 Å². The first-order chi connectivity index (χ1) is 8.75. The maximum Gasteiger partial charge on any atom is 0.214 e. The number of aromatic nitrogens is 2. The van der Waals surface area contributed by atoms with E-state index in [1.54, 1.807) is 17.8 Å². The van der Waals surface area contributed by atoms with Crippen LogP contribution in [0.5, 0.6) is 0 Å². The molecule has 0 fully saturated rings. The Morgan fingerprint density at radius 1 is 1.22 bits per heavy atom. The zero-order chi connectivity index (χ0) is 12.5. The molecule has 2 aromatic heterocycles. The molecule has 0 saturated carbocycles. The van der Waals surface area contributed by atoms with Gasteiger partial charge in [0, 0.05) is 23.2 Å². The molecular formula is C14H10N2OS. The lowest BCUT2D eigenvalue weighted by atomic mass is 10.0. The molecule has 0 aliphatic heterocycles. The van der Waals surface area contributed by atoms with Gasteiger partial charge >= 0.3 is 0 Å². The van der Waals surface area contributed by atoms with Gasteiger partial charge in [-0.3, -0.25) is 9.78 Å². The van der Waals surface area contributed by atoms with Crippen molar-refractivity contribution in [3.8, 4) is 0 Å². The van der Waals surface area contributed by atoms with Gasteiger partial charge in [0.25, 0.3) is 0 Å². The van der Waals surface area contributed by atoms with E-state index in [1.165, 1.54) is 11.3 Å². The van der Waals surface area contributed by atoms with Gasteiger partial charge in [0.05, 0.1) is 10.6 Å². The Morgan fingerprint density at radius 3 is 2.83 bits per heavy atom. The Bertz CT molecular complexity index is 728. The van der Waals surface area contributed by atoms with Crippen LogP contribution in [0, 0.1) is 6.92 Å². The van der Waals surface area contributed by atoms with Crippen molar-refractivity contribution in [2.75, 3.05) is 0 Å². The second kappa shape index (κ2) is 4.31. The predicted octanol–water partition coefficient (Wildman–Crippen LogP) is 3.23. The van der Waals surface area contributed by atoms with Crippen LogP contribution in [0.25, 0.3) is 10.8 Å². The maximum absolute atomic E-state index is 12.4. The quantitative estimate of drug-likeness (QED) is 0.659. The number of pyridine rings is 1. The molecule has 0 amide bonds. The van der Waals surface area contributed by atoms with E-state index in [2.05, 4.69) is 9.97 Å². The van der Waals surface area contributed by atoms with Crippen molar-refractivity contribution < 1.29 is 4.79 Å². The van der Waals surface area contributed by atoms with Crippen molar-refractivity contribution in [1.82, 2.24) is 9.97 Å². The van der Waals surface area contributed by atoms with Crippen molar-refractivity contribution in [2.45, 2.75) is 6.92 Å². The summed E-state index contributed by atoms with van der Waals surface area (Å²) in [6.07, 6.45) is 3.37. The summed E-state index contributed by atoms with van der Waals surface area (Å²) in [6, 6.07) is 7.74. The van der Waals surface area contributed by atoms with E-state index in [4.69, 9.17) is 0 Å². The van der Waals surface area contributed by atoms with Gasteiger partial charge < -0.3 is 0 Å². The molecule has 0 unspecified atom stereocenters. The lowest BCUT2D eigenvalue weighted by Gasteiger charge is -2.02. The number of hydrogen-bond acceptors (Lipinski definition) is 4.